The number of guanidine groups is 1. The molecule has 0 bridgehead atoms. The fourth-order valence-corrected chi connectivity index (χ4v) is 2.57. The highest BCUT2D eigenvalue weighted by molar-refractivity contribution is 14.0. The molecule has 0 saturated carbocycles. The second-order valence-corrected chi connectivity index (χ2v) is 7.74. The molecule has 0 aliphatic carbocycles. The highest BCUT2D eigenvalue weighted by Crippen LogP contribution is 2.23. The van der Waals surface area contributed by atoms with E-state index in [0.717, 1.165) is 12.3 Å². The van der Waals surface area contributed by atoms with Crippen LogP contribution in [0.4, 0.5) is 5.82 Å². The summed E-state index contributed by atoms with van der Waals surface area (Å²) in [7, 11) is 0. The highest BCUT2D eigenvalue weighted by atomic mass is 127. The molecule has 0 saturated heterocycles. The Morgan fingerprint density at radius 2 is 1.89 bits per heavy atom. The molecular formula is C18H27Cl2IN6O. The molecule has 2 heterocycles. The molecule has 2 rings (SSSR count). The van der Waals surface area contributed by atoms with Gasteiger partial charge in [-0.15, -0.1) is 24.0 Å². The van der Waals surface area contributed by atoms with Crippen molar-refractivity contribution in [2.75, 3.05) is 25.0 Å². The van der Waals surface area contributed by atoms with Crippen LogP contribution in [0, 0.1) is 0 Å². The Labute approximate surface area is 193 Å². The van der Waals surface area contributed by atoms with Crippen LogP contribution >= 0.6 is 47.2 Å². The topological polar surface area (TPSA) is 87.4 Å². The number of aromatic nitrogens is 2. The fourth-order valence-electron chi connectivity index (χ4n) is 2.12. The predicted molar refractivity (Wildman–Crippen MR) is 126 cm³/mol. The minimum Gasteiger partial charge on any atom is -0.443 e. The molecule has 156 valence electrons. The van der Waals surface area contributed by atoms with Crippen molar-refractivity contribution in [1.29, 1.82) is 0 Å². The predicted octanol–water partition coefficient (Wildman–Crippen LogP) is 4.46. The second-order valence-electron chi connectivity index (χ2n) is 6.90. The second kappa shape index (κ2) is 11.7. The zero-order chi connectivity index (χ0) is 19.9. The maximum absolute atomic E-state index is 6.09. The third-order valence-corrected chi connectivity index (χ3v) is 4.02. The molecule has 3 N–H and O–H groups in total. The standard InChI is InChI=1S/C18H26Cl2N6O.HI/c1-5-21-17(26-11-15-24-10-14(27-15)18(2,3)4)23-7-6-22-16-13(20)8-12(19)9-25-16;/h8-10H,5-7,11H2,1-4H3,(H,22,25)(H2,21,23,26);1H. The Kier molecular flexibility index (Phi) is 10.3. The molecule has 0 radical (unpaired) electrons. The first kappa shape index (κ1) is 24.8. The van der Waals surface area contributed by atoms with Crippen molar-refractivity contribution in [3.63, 3.8) is 0 Å². The van der Waals surface area contributed by atoms with E-state index in [4.69, 9.17) is 27.6 Å². The molecule has 0 aliphatic heterocycles. The smallest absolute Gasteiger partial charge is 0.216 e. The number of halogens is 3. The van der Waals surface area contributed by atoms with E-state index in [1.807, 2.05) is 6.92 Å². The van der Waals surface area contributed by atoms with Crippen molar-refractivity contribution in [2.45, 2.75) is 39.7 Å². The molecule has 0 aromatic carbocycles. The average Bonchev–Trinajstić information content (AvgIpc) is 3.07. The summed E-state index contributed by atoms with van der Waals surface area (Å²) in [5, 5.41) is 10.6. The van der Waals surface area contributed by atoms with Crippen molar-refractivity contribution in [1.82, 2.24) is 20.6 Å². The van der Waals surface area contributed by atoms with E-state index in [-0.39, 0.29) is 29.4 Å². The molecule has 0 atom stereocenters. The summed E-state index contributed by atoms with van der Waals surface area (Å²) in [6, 6.07) is 1.65. The average molecular weight is 541 g/mol. The molecule has 10 heteroatoms. The largest absolute Gasteiger partial charge is 0.443 e. The maximum Gasteiger partial charge on any atom is 0.216 e. The maximum atomic E-state index is 6.09. The van der Waals surface area contributed by atoms with Crippen LogP contribution in [0.1, 0.15) is 39.3 Å². The summed E-state index contributed by atoms with van der Waals surface area (Å²) < 4.78 is 5.76. The lowest BCUT2D eigenvalue weighted by molar-refractivity contribution is 0.383. The van der Waals surface area contributed by atoms with Crippen molar-refractivity contribution in [2.24, 2.45) is 4.99 Å². The van der Waals surface area contributed by atoms with Gasteiger partial charge in [0.1, 0.15) is 18.1 Å². The van der Waals surface area contributed by atoms with Gasteiger partial charge in [0.25, 0.3) is 0 Å². The van der Waals surface area contributed by atoms with Crippen LogP contribution in [0.2, 0.25) is 10.0 Å². The lowest BCUT2D eigenvalue weighted by Crippen LogP contribution is -2.39. The molecule has 0 amide bonds. The number of rotatable bonds is 7. The van der Waals surface area contributed by atoms with Crippen LogP contribution in [0.5, 0.6) is 0 Å². The number of aliphatic imine (C=N–C) groups is 1. The Bertz CT molecular complexity index is 776. The number of pyridine rings is 1. The van der Waals surface area contributed by atoms with Gasteiger partial charge in [0.05, 0.1) is 16.2 Å². The summed E-state index contributed by atoms with van der Waals surface area (Å²) in [5.41, 5.74) is -0.0691. The van der Waals surface area contributed by atoms with E-state index in [9.17, 15) is 0 Å². The van der Waals surface area contributed by atoms with E-state index < -0.39 is 0 Å². The SMILES string of the molecule is CCNC(=NCc1ncc(C(C)(C)C)o1)NCCNc1ncc(Cl)cc1Cl.I. The molecule has 0 fully saturated rings. The number of nitrogens with zero attached hydrogens (tertiary/aromatic N) is 3. The molecular weight excluding hydrogens is 514 g/mol. The van der Waals surface area contributed by atoms with Gasteiger partial charge in [0.2, 0.25) is 5.89 Å². The van der Waals surface area contributed by atoms with E-state index >= 15 is 0 Å². The van der Waals surface area contributed by atoms with Crippen molar-refractivity contribution < 1.29 is 4.42 Å². The third-order valence-electron chi connectivity index (χ3n) is 3.53. The zero-order valence-electron chi connectivity index (χ0n) is 16.5. The summed E-state index contributed by atoms with van der Waals surface area (Å²) in [6.45, 7) is 10.6. The van der Waals surface area contributed by atoms with Gasteiger partial charge in [0, 0.05) is 31.2 Å². The summed E-state index contributed by atoms with van der Waals surface area (Å²) >= 11 is 11.9. The molecule has 7 nitrogen and oxygen atoms in total. The number of nitrogens with one attached hydrogen (secondary N) is 3. The quantitative estimate of drug-likeness (QED) is 0.208. The zero-order valence-corrected chi connectivity index (χ0v) is 20.3. The van der Waals surface area contributed by atoms with Crippen LogP contribution in [-0.2, 0) is 12.0 Å². The van der Waals surface area contributed by atoms with Crippen LogP contribution in [0.25, 0.3) is 0 Å². The fraction of sp³-hybridized carbons (Fsp3) is 0.500. The van der Waals surface area contributed by atoms with Gasteiger partial charge in [-0.25, -0.2) is 15.0 Å². The van der Waals surface area contributed by atoms with E-state index in [0.29, 0.717) is 47.3 Å². The minimum absolute atomic E-state index is 0. The first-order valence-electron chi connectivity index (χ1n) is 8.82. The first-order valence-corrected chi connectivity index (χ1v) is 9.57. The number of anilines is 1. The summed E-state index contributed by atoms with van der Waals surface area (Å²) in [6.07, 6.45) is 3.31. The molecule has 0 aliphatic rings. The third kappa shape index (κ3) is 8.00. The van der Waals surface area contributed by atoms with Crippen LogP contribution in [-0.4, -0.2) is 35.6 Å². The molecule has 28 heavy (non-hydrogen) atoms. The van der Waals surface area contributed by atoms with Crippen LogP contribution < -0.4 is 16.0 Å². The molecule has 2 aromatic heterocycles. The van der Waals surface area contributed by atoms with Gasteiger partial charge in [-0.1, -0.05) is 44.0 Å². The Morgan fingerprint density at radius 3 is 2.50 bits per heavy atom. The molecule has 0 spiro atoms. The van der Waals surface area contributed by atoms with Crippen molar-refractivity contribution in [3.05, 3.63) is 40.2 Å². The van der Waals surface area contributed by atoms with E-state index in [1.165, 1.54) is 0 Å². The van der Waals surface area contributed by atoms with Gasteiger partial charge < -0.3 is 20.4 Å². The first-order chi connectivity index (χ1) is 12.8. The van der Waals surface area contributed by atoms with Gasteiger partial charge in [-0.05, 0) is 13.0 Å². The van der Waals surface area contributed by atoms with E-state index in [1.54, 1.807) is 18.5 Å². The summed E-state index contributed by atoms with van der Waals surface area (Å²) in [5.74, 6) is 2.72. The molecule has 0 unspecified atom stereocenters. The summed E-state index contributed by atoms with van der Waals surface area (Å²) in [4.78, 5) is 13.0. The Morgan fingerprint density at radius 1 is 1.14 bits per heavy atom. The lowest BCUT2D eigenvalue weighted by Gasteiger charge is -2.13. The Balaban J connectivity index is 0.00000392. The monoisotopic (exact) mass is 540 g/mol. The van der Waals surface area contributed by atoms with Gasteiger partial charge in [-0.2, -0.15) is 0 Å². The highest BCUT2D eigenvalue weighted by Gasteiger charge is 2.19. The van der Waals surface area contributed by atoms with Crippen LogP contribution in [0.3, 0.4) is 0 Å². The van der Waals surface area contributed by atoms with Gasteiger partial charge >= 0.3 is 0 Å². The van der Waals surface area contributed by atoms with Crippen LogP contribution in [0.15, 0.2) is 27.9 Å². The number of oxazole rings is 1. The normalized spacial score (nSPS) is 11.7. The van der Waals surface area contributed by atoms with Crippen molar-refractivity contribution in [3.8, 4) is 0 Å². The lowest BCUT2D eigenvalue weighted by atomic mass is 9.94. The number of hydrogen-bond donors (Lipinski definition) is 3. The van der Waals surface area contributed by atoms with Crippen molar-refractivity contribution >= 4 is 59.0 Å². The minimum atomic E-state index is -0.0691. The molecule has 2 aromatic rings. The van der Waals surface area contributed by atoms with Gasteiger partial charge in [0.15, 0.2) is 5.96 Å². The Hall–Kier alpha value is -1.26. The van der Waals surface area contributed by atoms with Gasteiger partial charge in [-0.3, -0.25) is 0 Å². The van der Waals surface area contributed by atoms with E-state index in [2.05, 4.69) is 51.7 Å². The number of hydrogen-bond acceptors (Lipinski definition) is 5.